The van der Waals surface area contributed by atoms with Crippen molar-refractivity contribution in [3.63, 3.8) is 0 Å². The molecule has 0 saturated carbocycles. The molecule has 2 heterocycles. The Kier molecular flexibility index (Phi) is 6.14. The second-order valence-corrected chi connectivity index (χ2v) is 7.57. The van der Waals surface area contributed by atoms with Crippen LogP contribution in [-0.4, -0.2) is 49.1 Å². The van der Waals surface area contributed by atoms with Crippen molar-refractivity contribution in [2.24, 2.45) is 0 Å². The Hall–Kier alpha value is -0.980. The van der Waals surface area contributed by atoms with Gasteiger partial charge < -0.3 is 5.32 Å². The van der Waals surface area contributed by atoms with Gasteiger partial charge in [0.1, 0.15) is 0 Å². The van der Waals surface area contributed by atoms with E-state index in [1.54, 1.807) is 10.5 Å². The maximum Gasteiger partial charge on any atom is 0.214 e. The second kappa shape index (κ2) is 7.87. The van der Waals surface area contributed by atoms with Gasteiger partial charge in [0.2, 0.25) is 10.0 Å². The predicted octanol–water partition coefficient (Wildman–Crippen LogP) is 1.42. The Labute approximate surface area is 127 Å². The maximum absolute atomic E-state index is 12.5. The average Bonchev–Trinajstić information content (AvgIpc) is 2.52. The molecule has 0 amide bonds. The van der Waals surface area contributed by atoms with Gasteiger partial charge in [0.05, 0.1) is 5.75 Å². The lowest BCUT2D eigenvalue weighted by molar-refractivity contribution is 0.319. The minimum Gasteiger partial charge on any atom is -0.313 e. The fourth-order valence-electron chi connectivity index (χ4n) is 2.67. The molecule has 0 spiro atoms. The first-order chi connectivity index (χ1) is 10.1. The Morgan fingerprint density at radius 2 is 2.24 bits per heavy atom. The SMILES string of the molecule is CCN(CC1CCCCN1)S(=O)(=O)CCc1ccccn1. The molecule has 1 atom stereocenters. The highest BCUT2D eigenvalue weighted by atomic mass is 32.2. The molecule has 1 unspecified atom stereocenters. The summed E-state index contributed by atoms with van der Waals surface area (Å²) >= 11 is 0. The molecule has 5 nitrogen and oxygen atoms in total. The van der Waals surface area contributed by atoms with Gasteiger partial charge in [0, 0.05) is 37.4 Å². The summed E-state index contributed by atoms with van der Waals surface area (Å²) in [5, 5.41) is 3.41. The number of aromatic nitrogens is 1. The predicted molar refractivity (Wildman–Crippen MR) is 84.6 cm³/mol. The van der Waals surface area contributed by atoms with E-state index in [0.717, 1.165) is 18.7 Å². The standard InChI is InChI=1S/C15H25N3O2S/c1-2-18(13-15-8-4-6-11-17-15)21(19,20)12-9-14-7-3-5-10-16-14/h3,5,7,10,15,17H,2,4,6,8-9,11-13H2,1H3. The number of likely N-dealkylation sites (N-methyl/N-ethyl adjacent to an activating group) is 1. The van der Waals surface area contributed by atoms with E-state index >= 15 is 0 Å². The van der Waals surface area contributed by atoms with Gasteiger partial charge in [-0.2, -0.15) is 0 Å². The van der Waals surface area contributed by atoms with E-state index in [1.807, 2.05) is 25.1 Å². The summed E-state index contributed by atoms with van der Waals surface area (Å²) in [6.45, 7) is 4.02. The summed E-state index contributed by atoms with van der Waals surface area (Å²) in [5.41, 5.74) is 0.827. The number of pyridine rings is 1. The van der Waals surface area contributed by atoms with Crippen LogP contribution in [0.2, 0.25) is 0 Å². The number of hydrogen-bond donors (Lipinski definition) is 1. The molecule has 21 heavy (non-hydrogen) atoms. The van der Waals surface area contributed by atoms with Gasteiger partial charge in [0.25, 0.3) is 0 Å². The Morgan fingerprint density at radius 1 is 1.38 bits per heavy atom. The fraction of sp³-hybridized carbons (Fsp3) is 0.667. The van der Waals surface area contributed by atoms with Crippen LogP contribution in [0.25, 0.3) is 0 Å². The van der Waals surface area contributed by atoms with Crippen molar-refractivity contribution in [2.75, 3.05) is 25.4 Å². The summed E-state index contributed by atoms with van der Waals surface area (Å²) < 4.78 is 26.6. The van der Waals surface area contributed by atoms with E-state index in [4.69, 9.17) is 0 Å². The van der Waals surface area contributed by atoms with E-state index in [-0.39, 0.29) is 5.75 Å². The zero-order chi connectivity index (χ0) is 15.1. The normalized spacial score (nSPS) is 19.8. The molecular formula is C15H25N3O2S. The van der Waals surface area contributed by atoms with E-state index < -0.39 is 10.0 Å². The topological polar surface area (TPSA) is 62.3 Å². The molecule has 1 N–H and O–H groups in total. The van der Waals surface area contributed by atoms with Crippen LogP contribution in [-0.2, 0) is 16.4 Å². The Morgan fingerprint density at radius 3 is 2.86 bits per heavy atom. The molecule has 1 aromatic rings. The number of aryl methyl sites for hydroxylation is 1. The monoisotopic (exact) mass is 311 g/mol. The molecule has 1 aromatic heterocycles. The first-order valence-corrected chi connectivity index (χ1v) is 9.34. The molecule has 1 fully saturated rings. The Balaban J connectivity index is 1.91. The van der Waals surface area contributed by atoms with Gasteiger partial charge >= 0.3 is 0 Å². The van der Waals surface area contributed by atoms with E-state index in [0.29, 0.717) is 25.6 Å². The van der Waals surface area contributed by atoms with Crippen LogP contribution >= 0.6 is 0 Å². The smallest absolute Gasteiger partial charge is 0.214 e. The molecule has 2 rings (SSSR count). The number of piperidine rings is 1. The van der Waals surface area contributed by atoms with Crippen LogP contribution in [0.4, 0.5) is 0 Å². The van der Waals surface area contributed by atoms with Gasteiger partial charge in [0.15, 0.2) is 0 Å². The van der Waals surface area contributed by atoms with Crippen molar-refractivity contribution in [3.8, 4) is 0 Å². The molecule has 0 radical (unpaired) electrons. The highest BCUT2D eigenvalue weighted by molar-refractivity contribution is 7.89. The van der Waals surface area contributed by atoms with E-state index in [1.165, 1.54) is 12.8 Å². The van der Waals surface area contributed by atoms with Crippen molar-refractivity contribution in [3.05, 3.63) is 30.1 Å². The molecule has 0 aromatic carbocycles. The van der Waals surface area contributed by atoms with Crippen LogP contribution in [0, 0.1) is 0 Å². The maximum atomic E-state index is 12.5. The zero-order valence-electron chi connectivity index (χ0n) is 12.7. The molecular weight excluding hydrogens is 286 g/mol. The van der Waals surface area contributed by atoms with Crippen molar-refractivity contribution < 1.29 is 8.42 Å². The van der Waals surface area contributed by atoms with Crippen LogP contribution in [0.3, 0.4) is 0 Å². The van der Waals surface area contributed by atoms with Crippen LogP contribution in [0.5, 0.6) is 0 Å². The molecule has 118 valence electrons. The van der Waals surface area contributed by atoms with Gasteiger partial charge in [-0.25, -0.2) is 12.7 Å². The fourth-order valence-corrected chi connectivity index (χ4v) is 4.20. The third-order valence-corrected chi connectivity index (χ3v) is 5.84. The highest BCUT2D eigenvalue weighted by Gasteiger charge is 2.24. The van der Waals surface area contributed by atoms with Gasteiger partial charge in [-0.3, -0.25) is 4.98 Å². The third kappa shape index (κ3) is 5.05. The highest BCUT2D eigenvalue weighted by Crippen LogP contribution is 2.12. The minimum absolute atomic E-state index is 0.130. The summed E-state index contributed by atoms with van der Waals surface area (Å²) in [7, 11) is -3.22. The summed E-state index contributed by atoms with van der Waals surface area (Å²) in [6.07, 6.45) is 5.60. The van der Waals surface area contributed by atoms with Crippen molar-refractivity contribution in [1.82, 2.24) is 14.6 Å². The van der Waals surface area contributed by atoms with E-state index in [9.17, 15) is 8.42 Å². The number of rotatable bonds is 7. The third-order valence-electron chi connectivity index (χ3n) is 3.92. The summed E-state index contributed by atoms with van der Waals surface area (Å²) in [4.78, 5) is 4.19. The average molecular weight is 311 g/mol. The largest absolute Gasteiger partial charge is 0.313 e. The number of sulfonamides is 1. The summed E-state index contributed by atoms with van der Waals surface area (Å²) in [5.74, 6) is 0.130. The second-order valence-electron chi connectivity index (χ2n) is 5.48. The first-order valence-electron chi connectivity index (χ1n) is 7.73. The lowest BCUT2D eigenvalue weighted by atomic mass is 10.1. The molecule has 1 aliphatic rings. The molecule has 0 aliphatic carbocycles. The van der Waals surface area contributed by atoms with Gasteiger partial charge in [-0.1, -0.05) is 19.4 Å². The van der Waals surface area contributed by atoms with E-state index in [2.05, 4.69) is 10.3 Å². The molecule has 1 aliphatic heterocycles. The van der Waals surface area contributed by atoms with Crippen LogP contribution in [0.15, 0.2) is 24.4 Å². The minimum atomic E-state index is -3.22. The summed E-state index contributed by atoms with van der Waals surface area (Å²) in [6, 6.07) is 5.89. The van der Waals surface area contributed by atoms with Gasteiger partial charge in [-0.15, -0.1) is 0 Å². The number of nitrogens with zero attached hydrogens (tertiary/aromatic N) is 2. The Bertz CT molecular complexity index is 513. The van der Waals surface area contributed by atoms with Crippen LogP contribution in [0.1, 0.15) is 31.9 Å². The van der Waals surface area contributed by atoms with Crippen molar-refractivity contribution in [1.29, 1.82) is 0 Å². The van der Waals surface area contributed by atoms with Crippen molar-refractivity contribution in [2.45, 2.75) is 38.6 Å². The lowest BCUT2D eigenvalue weighted by Crippen LogP contribution is -2.46. The lowest BCUT2D eigenvalue weighted by Gasteiger charge is -2.29. The van der Waals surface area contributed by atoms with Crippen molar-refractivity contribution >= 4 is 10.0 Å². The molecule has 1 saturated heterocycles. The van der Waals surface area contributed by atoms with Crippen LogP contribution < -0.4 is 5.32 Å². The quantitative estimate of drug-likeness (QED) is 0.827. The zero-order valence-corrected chi connectivity index (χ0v) is 13.5. The number of hydrogen-bond acceptors (Lipinski definition) is 4. The number of nitrogens with one attached hydrogen (secondary N) is 1. The molecule has 6 heteroatoms. The van der Waals surface area contributed by atoms with Gasteiger partial charge in [-0.05, 0) is 31.5 Å². The first kappa shape index (κ1) is 16.4. The molecule has 0 bridgehead atoms.